The lowest BCUT2D eigenvalue weighted by atomic mass is 10.00. The van der Waals surface area contributed by atoms with Crippen LogP contribution in [0.1, 0.15) is 331 Å². The Labute approximate surface area is 530 Å². The van der Waals surface area contributed by atoms with Crippen molar-refractivity contribution >= 4 is 39.5 Å². The second-order valence-electron chi connectivity index (χ2n) is 26.0. The number of esters is 4. The van der Waals surface area contributed by atoms with Gasteiger partial charge in [-0.3, -0.25) is 37.3 Å². The number of phosphoric acid groups is 2. The SMILES string of the molecule is CCC(C)CCCCCCCCC(=O)OC[C@H](COP(=O)(O)OC[C@H](O)COP(=O)(O)OC[C@@H](COC(=O)CCCCCCCCCCCCCCCC(C)C)OC(=O)CCCCCCCCC(C)CC)OC(=O)CCCCCCCCCCC(C)C. The number of hydrogen-bond donors (Lipinski definition) is 3. The Bertz CT molecular complexity index is 1730. The van der Waals surface area contributed by atoms with Gasteiger partial charge in [0.25, 0.3) is 0 Å². The molecule has 0 amide bonds. The number of aliphatic hydroxyl groups excluding tert-OH is 1. The summed E-state index contributed by atoms with van der Waals surface area (Å²) in [5, 5.41) is 10.6. The summed E-state index contributed by atoms with van der Waals surface area (Å²) in [6, 6.07) is 0. The van der Waals surface area contributed by atoms with Crippen molar-refractivity contribution in [3.63, 3.8) is 0 Å². The molecule has 0 spiro atoms. The summed E-state index contributed by atoms with van der Waals surface area (Å²) < 4.78 is 68.1. The van der Waals surface area contributed by atoms with E-state index in [1.54, 1.807) is 0 Å². The van der Waals surface area contributed by atoms with Crippen LogP contribution in [0, 0.1) is 23.7 Å². The second kappa shape index (κ2) is 57.9. The van der Waals surface area contributed by atoms with Gasteiger partial charge in [-0.2, -0.15) is 0 Å². The normalized spacial score (nSPS) is 15.0. The van der Waals surface area contributed by atoms with Crippen LogP contribution in [0.2, 0.25) is 0 Å². The topological polar surface area (TPSA) is 237 Å². The molecule has 0 bridgehead atoms. The van der Waals surface area contributed by atoms with Crippen molar-refractivity contribution in [3.8, 4) is 0 Å². The van der Waals surface area contributed by atoms with Crippen molar-refractivity contribution in [1.29, 1.82) is 0 Å². The fourth-order valence-corrected chi connectivity index (χ4v) is 11.7. The summed E-state index contributed by atoms with van der Waals surface area (Å²) in [4.78, 5) is 72.4. The van der Waals surface area contributed by atoms with Crippen LogP contribution in [-0.2, 0) is 65.4 Å². The lowest BCUT2D eigenvalue weighted by molar-refractivity contribution is -0.161. The van der Waals surface area contributed by atoms with Crippen molar-refractivity contribution < 1.29 is 80.2 Å². The van der Waals surface area contributed by atoms with Crippen LogP contribution in [0.25, 0.3) is 0 Å². The molecule has 0 saturated carbocycles. The predicted octanol–water partition coefficient (Wildman–Crippen LogP) is 18.9. The highest BCUT2D eigenvalue weighted by atomic mass is 31.2. The number of carbonyl (C=O) groups excluding carboxylic acids is 4. The van der Waals surface area contributed by atoms with E-state index in [1.165, 1.54) is 128 Å². The average molecular weight is 1280 g/mol. The summed E-state index contributed by atoms with van der Waals surface area (Å²) in [6.45, 7) is 14.0. The van der Waals surface area contributed by atoms with Crippen LogP contribution in [0.4, 0.5) is 0 Å². The molecule has 0 aromatic rings. The van der Waals surface area contributed by atoms with Crippen LogP contribution in [0.3, 0.4) is 0 Å². The molecule has 0 aliphatic heterocycles. The molecule has 3 N–H and O–H groups in total. The minimum Gasteiger partial charge on any atom is -0.462 e. The number of phosphoric ester groups is 2. The molecule has 19 heteroatoms. The first-order chi connectivity index (χ1) is 41.7. The van der Waals surface area contributed by atoms with Crippen molar-refractivity contribution in [2.75, 3.05) is 39.6 Å². The molecule has 0 rings (SSSR count). The van der Waals surface area contributed by atoms with E-state index in [2.05, 4.69) is 55.4 Å². The van der Waals surface area contributed by atoms with E-state index in [0.717, 1.165) is 120 Å². The van der Waals surface area contributed by atoms with Crippen LogP contribution in [0.15, 0.2) is 0 Å². The first-order valence-electron chi connectivity index (χ1n) is 35.3. The molecule has 516 valence electrons. The largest absolute Gasteiger partial charge is 0.472 e. The van der Waals surface area contributed by atoms with Crippen LogP contribution < -0.4 is 0 Å². The Balaban J connectivity index is 5.22. The number of aliphatic hydroxyl groups is 1. The molecule has 7 atom stereocenters. The molecular weight excluding hydrogens is 1150 g/mol. The highest BCUT2D eigenvalue weighted by Crippen LogP contribution is 2.45. The Morgan fingerprint density at radius 3 is 0.816 bits per heavy atom. The molecule has 17 nitrogen and oxygen atoms in total. The van der Waals surface area contributed by atoms with Gasteiger partial charge in [-0.05, 0) is 49.4 Å². The van der Waals surface area contributed by atoms with Gasteiger partial charge in [0, 0.05) is 25.7 Å². The fourth-order valence-electron chi connectivity index (χ4n) is 10.1. The molecule has 0 aromatic heterocycles. The number of hydrogen-bond acceptors (Lipinski definition) is 15. The summed E-state index contributed by atoms with van der Waals surface area (Å²) in [7, 11) is -9.90. The molecule has 0 radical (unpaired) electrons. The van der Waals surface area contributed by atoms with Gasteiger partial charge in [-0.25, -0.2) is 9.13 Å². The van der Waals surface area contributed by atoms with Gasteiger partial charge >= 0.3 is 39.5 Å². The highest BCUT2D eigenvalue weighted by Gasteiger charge is 2.30. The van der Waals surface area contributed by atoms with E-state index in [0.29, 0.717) is 25.7 Å². The molecule has 0 aliphatic carbocycles. The maximum atomic E-state index is 13.0. The van der Waals surface area contributed by atoms with Crippen molar-refractivity contribution in [2.45, 2.75) is 350 Å². The van der Waals surface area contributed by atoms with Gasteiger partial charge in [0.1, 0.15) is 19.3 Å². The smallest absolute Gasteiger partial charge is 0.462 e. The minimum absolute atomic E-state index is 0.102. The Hall–Kier alpha value is -1.94. The second-order valence-corrected chi connectivity index (χ2v) is 28.9. The minimum atomic E-state index is -4.95. The maximum absolute atomic E-state index is 13.0. The zero-order valence-electron chi connectivity index (χ0n) is 56.6. The summed E-state index contributed by atoms with van der Waals surface area (Å²) in [5.41, 5.74) is 0. The van der Waals surface area contributed by atoms with Crippen LogP contribution in [0.5, 0.6) is 0 Å². The van der Waals surface area contributed by atoms with E-state index in [9.17, 15) is 43.2 Å². The summed E-state index contributed by atoms with van der Waals surface area (Å²) in [6.07, 6.45) is 39.1. The number of unbranched alkanes of at least 4 members (excludes halogenated alkanes) is 29. The van der Waals surface area contributed by atoms with Gasteiger partial charge in [-0.1, -0.05) is 280 Å². The van der Waals surface area contributed by atoms with Gasteiger partial charge in [0.05, 0.1) is 26.4 Å². The molecule has 0 aromatic carbocycles. The molecule has 0 aliphatic rings. The summed E-state index contributed by atoms with van der Waals surface area (Å²) in [5.74, 6) is 0.823. The van der Waals surface area contributed by atoms with Crippen molar-refractivity contribution in [2.24, 2.45) is 23.7 Å². The number of carbonyl (C=O) groups is 4. The maximum Gasteiger partial charge on any atom is 0.472 e. The molecule has 0 fully saturated rings. The van der Waals surface area contributed by atoms with E-state index in [-0.39, 0.29) is 25.7 Å². The molecule has 0 heterocycles. The van der Waals surface area contributed by atoms with E-state index in [1.807, 2.05) is 0 Å². The van der Waals surface area contributed by atoms with Crippen LogP contribution in [-0.4, -0.2) is 96.7 Å². The monoisotopic (exact) mass is 1280 g/mol. The Morgan fingerprint density at radius 2 is 0.552 bits per heavy atom. The summed E-state index contributed by atoms with van der Waals surface area (Å²) >= 11 is 0. The van der Waals surface area contributed by atoms with Gasteiger partial charge in [0.15, 0.2) is 12.2 Å². The zero-order chi connectivity index (χ0) is 64.7. The number of ether oxygens (including phenoxy) is 4. The van der Waals surface area contributed by atoms with Crippen molar-refractivity contribution in [1.82, 2.24) is 0 Å². The lowest BCUT2D eigenvalue weighted by Crippen LogP contribution is -2.30. The first kappa shape index (κ1) is 85.1. The van der Waals surface area contributed by atoms with Crippen LogP contribution >= 0.6 is 15.6 Å². The number of rotatable bonds is 65. The fraction of sp³-hybridized carbons (Fsp3) is 0.941. The quantitative estimate of drug-likeness (QED) is 0.0222. The first-order valence-corrected chi connectivity index (χ1v) is 38.3. The molecule has 87 heavy (non-hydrogen) atoms. The highest BCUT2D eigenvalue weighted by molar-refractivity contribution is 7.47. The van der Waals surface area contributed by atoms with E-state index < -0.39 is 97.5 Å². The standard InChI is InChI=1S/C68H132O17P2/c1-9-60(7)46-38-30-24-26-33-41-49-66(71)79-55-63(84-67(72)50-42-34-23-19-18-21-29-37-45-59(5)6)56-82-86(74,75)80-52-62(69)53-81-87(76,77)83-57-64(85-68(73)51-43-35-27-25-31-39-47-61(8)10-2)54-78-65(70)48-40-32-22-17-15-13-11-12-14-16-20-28-36-44-58(3)4/h58-64,69H,9-57H2,1-8H3,(H,74,75)(H,76,77)/t60?,61?,62-,63+,64+/m0/s1. The third-order valence-electron chi connectivity index (χ3n) is 16.3. The van der Waals surface area contributed by atoms with Gasteiger partial charge in [0.2, 0.25) is 0 Å². The van der Waals surface area contributed by atoms with E-state index >= 15 is 0 Å². The Kier molecular flexibility index (Phi) is 56.6. The van der Waals surface area contributed by atoms with Gasteiger partial charge in [-0.15, -0.1) is 0 Å². The Morgan fingerprint density at radius 1 is 0.322 bits per heavy atom. The molecular formula is C68H132O17P2. The van der Waals surface area contributed by atoms with E-state index in [4.69, 9.17) is 37.0 Å². The molecule has 0 saturated heterocycles. The lowest BCUT2D eigenvalue weighted by Gasteiger charge is -2.21. The van der Waals surface area contributed by atoms with Crippen molar-refractivity contribution in [3.05, 3.63) is 0 Å². The predicted molar refractivity (Wildman–Crippen MR) is 349 cm³/mol. The zero-order valence-corrected chi connectivity index (χ0v) is 58.4. The van der Waals surface area contributed by atoms with Gasteiger partial charge < -0.3 is 33.8 Å². The third kappa shape index (κ3) is 60.1. The third-order valence-corrected chi connectivity index (χ3v) is 18.2. The molecule has 4 unspecified atom stereocenters. The average Bonchev–Trinajstić information content (AvgIpc) is 3.70.